The lowest BCUT2D eigenvalue weighted by atomic mass is 10.0. The SMILES string of the molecule is COc1cc(C(=O)NC[C@H](Cc2ccccc2)N(C)C)ccc1C. The first-order valence-electron chi connectivity index (χ1n) is 8.14. The van der Waals surface area contributed by atoms with Gasteiger partial charge in [-0.25, -0.2) is 0 Å². The average molecular weight is 326 g/mol. The van der Waals surface area contributed by atoms with Crippen LogP contribution in [0.4, 0.5) is 0 Å². The fraction of sp³-hybridized carbons (Fsp3) is 0.350. The smallest absolute Gasteiger partial charge is 0.251 e. The third-order valence-corrected chi connectivity index (χ3v) is 4.21. The Labute approximate surface area is 144 Å². The summed E-state index contributed by atoms with van der Waals surface area (Å²) in [4.78, 5) is 14.6. The number of nitrogens with one attached hydrogen (secondary N) is 1. The summed E-state index contributed by atoms with van der Waals surface area (Å²) in [5.41, 5.74) is 2.90. The molecule has 0 fully saturated rings. The van der Waals surface area contributed by atoms with Gasteiger partial charge in [0.05, 0.1) is 7.11 Å². The van der Waals surface area contributed by atoms with Crippen molar-refractivity contribution in [3.05, 3.63) is 65.2 Å². The van der Waals surface area contributed by atoms with Gasteiger partial charge >= 0.3 is 0 Å². The molecule has 0 aliphatic rings. The Morgan fingerprint density at radius 3 is 2.50 bits per heavy atom. The van der Waals surface area contributed by atoms with Crippen molar-refractivity contribution in [1.29, 1.82) is 0 Å². The maximum Gasteiger partial charge on any atom is 0.251 e. The molecule has 0 aliphatic carbocycles. The summed E-state index contributed by atoms with van der Waals surface area (Å²) in [5, 5.41) is 3.04. The number of methoxy groups -OCH3 is 1. The van der Waals surface area contributed by atoms with Gasteiger partial charge in [0.15, 0.2) is 0 Å². The van der Waals surface area contributed by atoms with E-state index in [0.717, 1.165) is 17.7 Å². The molecule has 0 heterocycles. The highest BCUT2D eigenvalue weighted by Gasteiger charge is 2.15. The van der Waals surface area contributed by atoms with E-state index in [1.54, 1.807) is 13.2 Å². The zero-order chi connectivity index (χ0) is 17.5. The van der Waals surface area contributed by atoms with Gasteiger partial charge in [0.2, 0.25) is 0 Å². The molecule has 2 aromatic carbocycles. The third-order valence-electron chi connectivity index (χ3n) is 4.21. The van der Waals surface area contributed by atoms with E-state index in [1.807, 2.05) is 51.4 Å². The van der Waals surface area contributed by atoms with Crippen molar-refractivity contribution in [1.82, 2.24) is 10.2 Å². The molecule has 24 heavy (non-hydrogen) atoms. The number of amides is 1. The van der Waals surface area contributed by atoms with E-state index in [9.17, 15) is 4.79 Å². The predicted octanol–water partition coefficient (Wildman–Crippen LogP) is 2.91. The lowest BCUT2D eigenvalue weighted by Gasteiger charge is -2.25. The average Bonchev–Trinajstić information content (AvgIpc) is 2.59. The van der Waals surface area contributed by atoms with Crippen molar-refractivity contribution in [3.8, 4) is 5.75 Å². The molecule has 1 atom stereocenters. The minimum absolute atomic E-state index is 0.0757. The third kappa shape index (κ3) is 4.83. The lowest BCUT2D eigenvalue weighted by molar-refractivity contribution is 0.0941. The first-order chi connectivity index (χ1) is 11.5. The Morgan fingerprint density at radius 1 is 1.17 bits per heavy atom. The van der Waals surface area contributed by atoms with E-state index in [4.69, 9.17) is 4.74 Å². The van der Waals surface area contributed by atoms with Crippen LogP contribution in [0.2, 0.25) is 0 Å². The van der Waals surface area contributed by atoms with Gasteiger partial charge in [-0.1, -0.05) is 36.4 Å². The van der Waals surface area contributed by atoms with Gasteiger partial charge < -0.3 is 15.0 Å². The number of carbonyl (C=O) groups excluding carboxylic acids is 1. The summed E-state index contributed by atoms with van der Waals surface area (Å²) in [5.74, 6) is 0.657. The van der Waals surface area contributed by atoms with Crippen LogP contribution >= 0.6 is 0 Å². The van der Waals surface area contributed by atoms with Crippen molar-refractivity contribution in [2.75, 3.05) is 27.7 Å². The van der Waals surface area contributed by atoms with Crippen LogP contribution in [0.3, 0.4) is 0 Å². The van der Waals surface area contributed by atoms with Crippen LogP contribution in [0.1, 0.15) is 21.5 Å². The largest absolute Gasteiger partial charge is 0.496 e. The number of nitrogens with zero attached hydrogens (tertiary/aromatic N) is 1. The maximum atomic E-state index is 12.4. The van der Waals surface area contributed by atoms with Gasteiger partial charge in [-0.2, -0.15) is 0 Å². The summed E-state index contributed by atoms with van der Waals surface area (Å²) in [6.45, 7) is 2.55. The van der Waals surface area contributed by atoms with Gasteiger partial charge in [-0.3, -0.25) is 4.79 Å². The molecule has 1 amide bonds. The van der Waals surface area contributed by atoms with Crippen LogP contribution in [0.5, 0.6) is 5.75 Å². The van der Waals surface area contributed by atoms with E-state index < -0.39 is 0 Å². The summed E-state index contributed by atoms with van der Waals surface area (Å²) in [7, 11) is 5.69. The number of likely N-dealkylation sites (N-methyl/N-ethyl adjacent to an activating group) is 1. The number of hydrogen-bond acceptors (Lipinski definition) is 3. The molecule has 0 radical (unpaired) electrons. The van der Waals surface area contributed by atoms with Crippen LogP contribution in [0.15, 0.2) is 48.5 Å². The van der Waals surface area contributed by atoms with Crippen molar-refractivity contribution in [3.63, 3.8) is 0 Å². The second-order valence-corrected chi connectivity index (χ2v) is 6.20. The molecule has 2 aromatic rings. The highest BCUT2D eigenvalue weighted by atomic mass is 16.5. The van der Waals surface area contributed by atoms with Crippen molar-refractivity contribution in [2.45, 2.75) is 19.4 Å². The Morgan fingerprint density at radius 2 is 1.88 bits per heavy atom. The molecule has 1 N–H and O–H groups in total. The van der Waals surface area contributed by atoms with Gasteiger partial charge in [0.25, 0.3) is 5.91 Å². The van der Waals surface area contributed by atoms with Gasteiger partial charge in [-0.05, 0) is 50.7 Å². The van der Waals surface area contributed by atoms with E-state index in [1.165, 1.54) is 5.56 Å². The maximum absolute atomic E-state index is 12.4. The number of rotatable bonds is 7. The molecule has 0 unspecified atom stereocenters. The lowest BCUT2D eigenvalue weighted by Crippen LogP contribution is -2.41. The number of ether oxygens (including phenoxy) is 1. The molecule has 2 rings (SSSR count). The van der Waals surface area contributed by atoms with Gasteiger partial charge in [-0.15, -0.1) is 0 Å². The van der Waals surface area contributed by atoms with E-state index in [2.05, 4.69) is 22.3 Å². The standard InChI is InChI=1S/C20H26N2O2/c1-15-10-11-17(13-19(15)24-4)20(23)21-14-18(22(2)3)12-16-8-6-5-7-9-16/h5-11,13,18H,12,14H2,1-4H3,(H,21,23)/t18-/m0/s1. The quantitative estimate of drug-likeness (QED) is 0.850. The Hall–Kier alpha value is -2.33. The molecule has 128 valence electrons. The molecular formula is C20H26N2O2. The van der Waals surface area contributed by atoms with Crippen molar-refractivity contribution < 1.29 is 9.53 Å². The monoisotopic (exact) mass is 326 g/mol. The molecule has 0 spiro atoms. The fourth-order valence-electron chi connectivity index (χ4n) is 2.60. The Kier molecular flexibility index (Phi) is 6.38. The fourth-order valence-corrected chi connectivity index (χ4v) is 2.60. The van der Waals surface area contributed by atoms with Gasteiger partial charge in [0.1, 0.15) is 5.75 Å². The highest BCUT2D eigenvalue weighted by Crippen LogP contribution is 2.18. The van der Waals surface area contributed by atoms with E-state index >= 15 is 0 Å². The molecule has 0 aliphatic heterocycles. The first kappa shape index (κ1) is 18.0. The topological polar surface area (TPSA) is 41.6 Å². The summed E-state index contributed by atoms with van der Waals surface area (Å²) >= 11 is 0. The van der Waals surface area contributed by atoms with Crippen LogP contribution in [0, 0.1) is 6.92 Å². The minimum atomic E-state index is -0.0757. The molecule has 0 saturated heterocycles. The Bertz CT molecular complexity index is 669. The number of benzene rings is 2. The van der Waals surface area contributed by atoms with Crippen LogP contribution in [-0.2, 0) is 6.42 Å². The Balaban J connectivity index is 2.00. The summed E-state index contributed by atoms with van der Waals surface area (Å²) < 4.78 is 5.29. The van der Waals surface area contributed by atoms with Gasteiger partial charge in [0, 0.05) is 18.2 Å². The molecular weight excluding hydrogens is 300 g/mol. The summed E-state index contributed by atoms with van der Waals surface area (Å²) in [6, 6.07) is 16.1. The van der Waals surface area contributed by atoms with Crippen molar-refractivity contribution in [2.24, 2.45) is 0 Å². The highest BCUT2D eigenvalue weighted by molar-refractivity contribution is 5.94. The zero-order valence-corrected chi connectivity index (χ0v) is 14.9. The number of aryl methyl sites for hydroxylation is 1. The van der Waals surface area contributed by atoms with Crippen LogP contribution in [0.25, 0.3) is 0 Å². The normalized spacial score (nSPS) is 12.0. The molecule has 0 bridgehead atoms. The van der Waals surface area contributed by atoms with Crippen LogP contribution < -0.4 is 10.1 Å². The predicted molar refractivity (Wildman–Crippen MR) is 97.7 cm³/mol. The van der Waals surface area contributed by atoms with Crippen molar-refractivity contribution >= 4 is 5.91 Å². The number of hydrogen-bond donors (Lipinski definition) is 1. The van der Waals surface area contributed by atoms with Crippen LogP contribution in [-0.4, -0.2) is 44.6 Å². The van der Waals surface area contributed by atoms with E-state index in [-0.39, 0.29) is 11.9 Å². The molecule has 0 aromatic heterocycles. The number of carbonyl (C=O) groups is 1. The second-order valence-electron chi connectivity index (χ2n) is 6.20. The zero-order valence-electron chi connectivity index (χ0n) is 14.9. The molecule has 0 saturated carbocycles. The molecule has 4 nitrogen and oxygen atoms in total. The van der Waals surface area contributed by atoms with E-state index in [0.29, 0.717) is 12.1 Å². The second kappa shape index (κ2) is 8.50. The summed E-state index contributed by atoms with van der Waals surface area (Å²) in [6.07, 6.45) is 0.894. The minimum Gasteiger partial charge on any atom is -0.496 e. The first-order valence-corrected chi connectivity index (χ1v) is 8.14. The molecule has 4 heteroatoms.